The number of nitrogens with one attached hydrogen (secondary N) is 2. The van der Waals surface area contributed by atoms with Gasteiger partial charge in [-0.1, -0.05) is 22.0 Å². The minimum atomic E-state index is -0.0324. The molecular formula is C12H15BrN2O2. The van der Waals surface area contributed by atoms with E-state index in [9.17, 15) is 4.79 Å². The normalized spacial score (nSPS) is 19.2. The van der Waals surface area contributed by atoms with E-state index in [4.69, 9.17) is 4.74 Å². The Morgan fingerprint density at radius 2 is 2.41 bits per heavy atom. The number of carbonyl (C=O) groups excluding carboxylic acids is 1. The molecule has 1 heterocycles. The molecule has 1 unspecified atom stereocenters. The molecule has 1 aliphatic heterocycles. The highest BCUT2D eigenvalue weighted by Crippen LogP contribution is 2.15. The molecule has 17 heavy (non-hydrogen) atoms. The molecule has 0 spiro atoms. The van der Waals surface area contributed by atoms with Crippen LogP contribution in [-0.2, 0) is 9.53 Å². The number of rotatable bonds is 4. The average Bonchev–Trinajstić information content (AvgIpc) is 2.79. The van der Waals surface area contributed by atoms with Crippen LogP contribution in [0.1, 0.15) is 6.42 Å². The lowest BCUT2D eigenvalue weighted by molar-refractivity contribution is -0.115. The van der Waals surface area contributed by atoms with Crippen LogP contribution in [0.2, 0.25) is 0 Å². The average molecular weight is 299 g/mol. The lowest BCUT2D eigenvalue weighted by Gasteiger charge is -2.10. The van der Waals surface area contributed by atoms with E-state index in [1.54, 1.807) is 0 Å². The molecule has 4 nitrogen and oxygen atoms in total. The second-order valence-corrected chi connectivity index (χ2v) is 4.92. The van der Waals surface area contributed by atoms with E-state index in [1.807, 2.05) is 24.3 Å². The largest absolute Gasteiger partial charge is 0.380 e. The van der Waals surface area contributed by atoms with Gasteiger partial charge >= 0.3 is 0 Å². The highest BCUT2D eigenvalue weighted by molar-refractivity contribution is 9.10. The van der Waals surface area contributed by atoms with Gasteiger partial charge in [-0.05, 0) is 24.6 Å². The molecule has 0 bridgehead atoms. The van der Waals surface area contributed by atoms with Crippen molar-refractivity contribution in [3.8, 4) is 0 Å². The van der Waals surface area contributed by atoms with Crippen LogP contribution in [0, 0.1) is 0 Å². The highest BCUT2D eigenvalue weighted by Gasteiger charge is 2.15. The van der Waals surface area contributed by atoms with E-state index < -0.39 is 0 Å². The summed E-state index contributed by atoms with van der Waals surface area (Å²) in [5.74, 6) is -0.0324. The molecule has 1 saturated heterocycles. The van der Waals surface area contributed by atoms with Gasteiger partial charge in [0.05, 0.1) is 13.2 Å². The summed E-state index contributed by atoms with van der Waals surface area (Å²) in [6.45, 7) is 1.80. The maximum Gasteiger partial charge on any atom is 0.238 e. The third-order valence-corrected chi connectivity index (χ3v) is 3.08. The fourth-order valence-electron chi connectivity index (χ4n) is 1.70. The molecular weight excluding hydrogens is 284 g/mol. The lowest BCUT2D eigenvalue weighted by Crippen LogP contribution is -2.36. The van der Waals surface area contributed by atoms with E-state index in [0.717, 1.165) is 23.2 Å². The first-order valence-electron chi connectivity index (χ1n) is 5.60. The standard InChI is InChI=1S/C12H15BrN2O2/c13-9-2-1-3-10(6-9)15-12(16)7-14-11-4-5-17-8-11/h1-3,6,11,14H,4-5,7-8H2,(H,15,16). The molecule has 92 valence electrons. The van der Waals surface area contributed by atoms with Crippen LogP contribution in [0.25, 0.3) is 0 Å². The van der Waals surface area contributed by atoms with Gasteiger partial charge in [-0.25, -0.2) is 0 Å². The molecule has 0 aliphatic carbocycles. The first-order chi connectivity index (χ1) is 8.24. The molecule has 5 heteroatoms. The Morgan fingerprint density at radius 3 is 3.12 bits per heavy atom. The van der Waals surface area contributed by atoms with Crippen LogP contribution < -0.4 is 10.6 Å². The summed E-state index contributed by atoms with van der Waals surface area (Å²) in [7, 11) is 0. The molecule has 1 amide bonds. The van der Waals surface area contributed by atoms with Crippen molar-refractivity contribution < 1.29 is 9.53 Å². The van der Waals surface area contributed by atoms with Crippen LogP contribution in [0.15, 0.2) is 28.7 Å². The number of amides is 1. The first kappa shape index (κ1) is 12.5. The van der Waals surface area contributed by atoms with Crippen molar-refractivity contribution in [3.63, 3.8) is 0 Å². The first-order valence-corrected chi connectivity index (χ1v) is 6.40. The lowest BCUT2D eigenvalue weighted by atomic mass is 10.2. The molecule has 1 atom stereocenters. The summed E-state index contributed by atoms with van der Waals surface area (Å²) in [4.78, 5) is 11.7. The van der Waals surface area contributed by atoms with E-state index in [0.29, 0.717) is 19.2 Å². The maximum absolute atomic E-state index is 11.7. The van der Waals surface area contributed by atoms with E-state index in [2.05, 4.69) is 26.6 Å². The third kappa shape index (κ3) is 4.11. The number of benzene rings is 1. The number of hydrogen-bond acceptors (Lipinski definition) is 3. The van der Waals surface area contributed by atoms with Crippen molar-refractivity contribution in [1.82, 2.24) is 5.32 Å². The Kier molecular flexibility index (Phi) is 4.53. The molecule has 0 aromatic heterocycles. The van der Waals surface area contributed by atoms with Gasteiger partial charge < -0.3 is 15.4 Å². The number of carbonyl (C=O) groups is 1. The highest BCUT2D eigenvalue weighted by atomic mass is 79.9. The van der Waals surface area contributed by atoms with Crippen molar-refractivity contribution in [3.05, 3.63) is 28.7 Å². The predicted molar refractivity (Wildman–Crippen MR) is 70.0 cm³/mol. The smallest absolute Gasteiger partial charge is 0.238 e. The quantitative estimate of drug-likeness (QED) is 0.891. The molecule has 1 aromatic rings. The molecule has 2 rings (SSSR count). The van der Waals surface area contributed by atoms with Crippen LogP contribution in [0.4, 0.5) is 5.69 Å². The molecule has 1 aromatic carbocycles. The summed E-state index contributed by atoms with van der Waals surface area (Å²) in [5, 5.41) is 6.00. The zero-order valence-electron chi connectivity index (χ0n) is 9.41. The number of halogens is 1. The molecule has 1 fully saturated rings. The Labute approximate surface area is 109 Å². The van der Waals surface area contributed by atoms with Crippen LogP contribution in [-0.4, -0.2) is 31.7 Å². The van der Waals surface area contributed by atoms with Gasteiger partial charge in [0.25, 0.3) is 0 Å². The van der Waals surface area contributed by atoms with Gasteiger partial charge in [0.2, 0.25) is 5.91 Å². The molecule has 2 N–H and O–H groups in total. The van der Waals surface area contributed by atoms with Gasteiger partial charge in [0.1, 0.15) is 0 Å². The van der Waals surface area contributed by atoms with E-state index in [-0.39, 0.29) is 5.91 Å². The maximum atomic E-state index is 11.7. The summed E-state index contributed by atoms with van der Waals surface area (Å²) >= 11 is 3.36. The summed E-state index contributed by atoms with van der Waals surface area (Å²) in [6, 6.07) is 7.85. The van der Waals surface area contributed by atoms with Gasteiger partial charge in [-0.3, -0.25) is 4.79 Å². The van der Waals surface area contributed by atoms with E-state index in [1.165, 1.54) is 0 Å². The van der Waals surface area contributed by atoms with Gasteiger partial charge in [-0.15, -0.1) is 0 Å². The SMILES string of the molecule is O=C(CNC1CCOC1)Nc1cccc(Br)c1. The molecule has 0 saturated carbocycles. The number of hydrogen-bond donors (Lipinski definition) is 2. The topological polar surface area (TPSA) is 50.4 Å². The Bertz CT molecular complexity index is 392. The number of anilines is 1. The van der Waals surface area contributed by atoms with Gasteiger partial charge in [0.15, 0.2) is 0 Å². The van der Waals surface area contributed by atoms with Gasteiger partial charge in [0, 0.05) is 22.8 Å². The van der Waals surface area contributed by atoms with Gasteiger partial charge in [-0.2, -0.15) is 0 Å². The summed E-state index contributed by atoms with van der Waals surface area (Å²) in [5.41, 5.74) is 0.800. The van der Waals surface area contributed by atoms with Crippen molar-refractivity contribution in [1.29, 1.82) is 0 Å². The van der Waals surface area contributed by atoms with E-state index >= 15 is 0 Å². The molecule has 0 radical (unpaired) electrons. The zero-order valence-corrected chi connectivity index (χ0v) is 11.0. The fraction of sp³-hybridized carbons (Fsp3) is 0.417. The van der Waals surface area contributed by atoms with Crippen LogP contribution in [0.5, 0.6) is 0 Å². The second kappa shape index (κ2) is 6.14. The number of ether oxygens (including phenoxy) is 1. The van der Waals surface area contributed by atoms with Crippen LogP contribution >= 0.6 is 15.9 Å². The second-order valence-electron chi connectivity index (χ2n) is 4.00. The van der Waals surface area contributed by atoms with Crippen molar-refractivity contribution in [2.24, 2.45) is 0 Å². The minimum absolute atomic E-state index is 0.0324. The molecule has 1 aliphatic rings. The van der Waals surface area contributed by atoms with Crippen molar-refractivity contribution in [2.75, 3.05) is 25.1 Å². The summed E-state index contributed by atoms with van der Waals surface area (Å²) < 4.78 is 6.17. The Balaban J connectivity index is 1.76. The zero-order chi connectivity index (χ0) is 12.1. The van der Waals surface area contributed by atoms with Crippen molar-refractivity contribution >= 4 is 27.5 Å². The summed E-state index contributed by atoms with van der Waals surface area (Å²) in [6.07, 6.45) is 0.976. The Morgan fingerprint density at radius 1 is 1.53 bits per heavy atom. The monoisotopic (exact) mass is 298 g/mol. The van der Waals surface area contributed by atoms with Crippen molar-refractivity contribution in [2.45, 2.75) is 12.5 Å². The predicted octanol–water partition coefficient (Wildman–Crippen LogP) is 1.77. The van der Waals surface area contributed by atoms with Crippen LogP contribution in [0.3, 0.4) is 0 Å². The third-order valence-electron chi connectivity index (χ3n) is 2.59. The fourth-order valence-corrected chi connectivity index (χ4v) is 2.10. The Hall–Kier alpha value is -0.910. The minimum Gasteiger partial charge on any atom is -0.380 e.